The lowest BCUT2D eigenvalue weighted by Gasteiger charge is -1.99. The number of rotatable bonds is 4. The first-order valence-electron chi connectivity index (χ1n) is 4.64. The van der Waals surface area contributed by atoms with Crippen LogP contribution in [-0.4, -0.2) is 33.6 Å². The molecule has 15 heavy (non-hydrogen) atoms. The largest absolute Gasteiger partial charge is 0.476 e. The van der Waals surface area contributed by atoms with Crippen LogP contribution in [0.2, 0.25) is 0 Å². The summed E-state index contributed by atoms with van der Waals surface area (Å²) in [7, 11) is 0. The number of allylic oxidation sites excluding steroid dienone is 2. The highest BCUT2D eigenvalue weighted by Crippen LogP contribution is 2.03. The fourth-order valence-corrected chi connectivity index (χ4v) is 1.03. The minimum atomic E-state index is -1.03. The molecule has 0 radical (unpaired) electrons. The molecule has 0 unspecified atom stereocenters. The van der Waals surface area contributed by atoms with Crippen molar-refractivity contribution in [3.05, 3.63) is 24.0 Å². The second-order valence-electron chi connectivity index (χ2n) is 2.79. The van der Waals surface area contributed by atoms with E-state index in [1.54, 1.807) is 12.4 Å². The molecule has 1 rings (SSSR count). The molecule has 1 aromatic heterocycles. The summed E-state index contributed by atoms with van der Waals surface area (Å²) in [5, 5.41) is 12.6. The Morgan fingerprint density at radius 1 is 1.73 bits per heavy atom. The highest BCUT2D eigenvalue weighted by molar-refractivity contribution is 6.02. The molecule has 0 aliphatic heterocycles. The van der Waals surface area contributed by atoms with Gasteiger partial charge in [-0.2, -0.15) is 5.10 Å². The van der Waals surface area contributed by atoms with Gasteiger partial charge in [0.1, 0.15) is 0 Å². The normalized spacial score (nSPS) is 12.3. The predicted octanol–water partition coefficient (Wildman–Crippen LogP) is 1.53. The van der Waals surface area contributed by atoms with Crippen molar-refractivity contribution in [2.24, 2.45) is 4.99 Å². The van der Waals surface area contributed by atoms with Crippen LogP contribution < -0.4 is 0 Å². The molecule has 1 aromatic rings. The Kier molecular flexibility index (Phi) is 3.79. The molecular formula is C10H13N3O2. The second kappa shape index (κ2) is 5.09. The van der Waals surface area contributed by atoms with Crippen molar-refractivity contribution in [1.29, 1.82) is 0 Å². The van der Waals surface area contributed by atoms with Crippen molar-refractivity contribution < 1.29 is 9.90 Å². The van der Waals surface area contributed by atoms with E-state index in [0.717, 1.165) is 5.70 Å². The fourth-order valence-electron chi connectivity index (χ4n) is 1.03. The van der Waals surface area contributed by atoms with Crippen molar-refractivity contribution in [3.63, 3.8) is 0 Å². The Balaban J connectivity index is 2.94. The SMILES string of the molecule is C/C=C(\C=NCC)n1ccc(C(=O)O)n1. The van der Waals surface area contributed by atoms with Gasteiger partial charge in [0, 0.05) is 19.0 Å². The minimum absolute atomic E-state index is 0.0271. The third-order valence-electron chi connectivity index (χ3n) is 1.77. The van der Waals surface area contributed by atoms with Crippen LogP contribution >= 0.6 is 0 Å². The van der Waals surface area contributed by atoms with Crippen molar-refractivity contribution >= 4 is 17.9 Å². The topological polar surface area (TPSA) is 67.5 Å². The van der Waals surface area contributed by atoms with E-state index in [9.17, 15) is 4.79 Å². The monoisotopic (exact) mass is 207 g/mol. The third kappa shape index (κ3) is 2.77. The molecule has 5 nitrogen and oxygen atoms in total. The second-order valence-corrected chi connectivity index (χ2v) is 2.79. The van der Waals surface area contributed by atoms with E-state index in [0.29, 0.717) is 6.54 Å². The van der Waals surface area contributed by atoms with E-state index in [4.69, 9.17) is 5.11 Å². The van der Waals surface area contributed by atoms with Crippen LogP contribution in [0.25, 0.3) is 5.70 Å². The van der Waals surface area contributed by atoms with Gasteiger partial charge >= 0.3 is 5.97 Å². The van der Waals surface area contributed by atoms with E-state index in [-0.39, 0.29) is 5.69 Å². The van der Waals surface area contributed by atoms with Crippen LogP contribution in [-0.2, 0) is 0 Å². The highest BCUT2D eigenvalue weighted by Gasteiger charge is 2.07. The number of aromatic nitrogens is 2. The number of hydrogen-bond donors (Lipinski definition) is 1. The lowest BCUT2D eigenvalue weighted by molar-refractivity contribution is 0.0690. The molecular weight excluding hydrogens is 194 g/mol. The molecule has 1 heterocycles. The molecule has 0 aromatic carbocycles. The molecule has 0 saturated carbocycles. The fraction of sp³-hybridized carbons (Fsp3) is 0.300. The summed E-state index contributed by atoms with van der Waals surface area (Å²) in [6.07, 6.45) is 5.08. The number of hydrogen-bond acceptors (Lipinski definition) is 3. The van der Waals surface area contributed by atoms with Crippen molar-refractivity contribution in [3.8, 4) is 0 Å². The van der Waals surface area contributed by atoms with E-state index < -0.39 is 5.97 Å². The summed E-state index contributed by atoms with van der Waals surface area (Å²) in [6, 6.07) is 1.45. The maximum absolute atomic E-state index is 10.6. The third-order valence-corrected chi connectivity index (χ3v) is 1.77. The number of carbonyl (C=O) groups is 1. The van der Waals surface area contributed by atoms with Gasteiger partial charge in [-0.05, 0) is 19.9 Å². The lowest BCUT2D eigenvalue weighted by atomic mass is 10.4. The van der Waals surface area contributed by atoms with Gasteiger partial charge in [0.05, 0.1) is 5.70 Å². The summed E-state index contributed by atoms with van der Waals surface area (Å²) in [5.74, 6) is -1.03. The zero-order chi connectivity index (χ0) is 11.3. The number of carboxylic acids is 1. The van der Waals surface area contributed by atoms with Gasteiger partial charge in [0.25, 0.3) is 0 Å². The van der Waals surface area contributed by atoms with Gasteiger partial charge < -0.3 is 5.11 Å². The summed E-state index contributed by atoms with van der Waals surface area (Å²) < 4.78 is 1.49. The summed E-state index contributed by atoms with van der Waals surface area (Å²) in [5.41, 5.74) is 0.781. The van der Waals surface area contributed by atoms with Crippen LogP contribution in [0.4, 0.5) is 0 Å². The molecule has 0 aliphatic rings. The summed E-state index contributed by atoms with van der Waals surface area (Å²) in [4.78, 5) is 14.7. The number of nitrogens with zero attached hydrogens (tertiary/aromatic N) is 3. The summed E-state index contributed by atoms with van der Waals surface area (Å²) in [6.45, 7) is 4.46. The van der Waals surface area contributed by atoms with Gasteiger partial charge in [-0.1, -0.05) is 6.08 Å². The number of aromatic carboxylic acids is 1. The molecule has 5 heteroatoms. The van der Waals surface area contributed by atoms with Gasteiger partial charge in [-0.25, -0.2) is 9.48 Å². The maximum Gasteiger partial charge on any atom is 0.356 e. The van der Waals surface area contributed by atoms with E-state index >= 15 is 0 Å². The Labute approximate surface area is 87.8 Å². The standard InChI is InChI=1S/C10H13N3O2/c1-3-8(7-11-4-2)13-6-5-9(12-13)10(14)15/h3,5-7H,4H2,1-2H3,(H,14,15)/b8-3+,11-7?. The van der Waals surface area contributed by atoms with Crippen molar-refractivity contribution in [2.45, 2.75) is 13.8 Å². The van der Waals surface area contributed by atoms with Gasteiger partial charge in [-0.15, -0.1) is 0 Å². The first-order valence-corrected chi connectivity index (χ1v) is 4.64. The number of aliphatic imine (C=N–C) groups is 1. The zero-order valence-electron chi connectivity index (χ0n) is 8.71. The Bertz CT molecular complexity index is 405. The van der Waals surface area contributed by atoms with Crippen LogP contribution in [0.5, 0.6) is 0 Å². The average Bonchev–Trinajstić information content (AvgIpc) is 2.68. The van der Waals surface area contributed by atoms with E-state index in [1.807, 2.05) is 19.9 Å². The highest BCUT2D eigenvalue weighted by atomic mass is 16.4. The lowest BCUT2D eigenvalue weighted by Crippen LogP contribution is -2.03. The van der Waals surface area contributed by atoms with Crippen LogP contribution in [0.1, 0.15) is 24.3 Å². The Hall–Kier alpha value is -1.91. The smallest absolute Gasteiger partial charge is 0.356 e. The molecule has 1 N–H and O–H groups in total. The molecule has 0 amide bonds. The molecule has 0 bridgehead atoms. The molecule has 0 saturated heterocycles. The summed E-state index contributed by atoms with van der Waals surface area (Å²) >= 11 is 0. The quantitative estimate of drug-likeness (QED) is 0.761. The zero-order valence-corrected chi connectivity index (χ0v) is 8.71. The van der Waals surface area contributed by atoms with Crippen molar-refractivity contribution in [2.75, 3.05) is 6.54 Å². The van der Waals surface area contributed by atoms with Crippen LogP contribution in [0, 0.1) is 0 Å². The molecule has 0 aliphatic carbocycles. The van der Waals surface area contributed by atoms with E-state index in [2.05, 4.69) is 10.1 Å². The average molecular weight is 207 g/mol. The Morgan fingerprint density at radius 2 is 2.47 bits per heavy atom. The van der Waals surface area contributed by atoms with Crippen LogP contribution in [0.3, 0.4) is 0 Å². The predicted molar refractivity (Wildman–Crippen MR) is 58.2 cm³/mol. The van der Waals surface area contributed by atoms with Gasteiger partial charge in [0.15, 0.2) is 5.69 Å². The minimum Gasteiger partial charge on any atom is -0.476 e. The first-order chi connectivity index (χ1) is 7.19. The van der Waals surface area contributed by atoms with Gasteiger partial charge in [0.2, 0.25) is 0 Å². The van der Waals surface area contributed by atoms with E-state index in [1.165, 1.54) is 10.7 Å². The van der Waals surface area contributed by atoms with Crippen LogP contribution in [0.15, 0.2) is 23.3 Å². The molecule has 0 atom stereocenters. The van der Waals surface area contributed by atoms with Gasteiger partial charge in [-0.3, -0.25) is 4.99 Å². The first kappa shape index (κ1) is 11.2. The van der Waals surface area contributed by atoms with Crippen molar-refractivity contribution in [1.82, 2.24) is 9.78 Å². The maximum atomic E-state index is 10.6. The number of carboxylic acid groups (broad SMARTS) is 1. The molecule has 0 fully saturated rings. The Morgan fingerprint density at radius 3 is 2.93 bits per heavy atom. The molecule has 80 valence electrons. The molecule has 0 spiro atoms.